The van der Waals surface area contributed by atoms with Crippen molar-refractivity contribution in [1.82, 2.24) is 5.32 Å². The highest BCUT2D eigenvalue weighted by atomic mass is 35.5. The van der Waals surface area contributed by atoms with Crippen LogP contribution in [0.15, 0.2) is 66.7 Å². The Labute approximate surface area is 126 Å². The highest BCUT2D eigenvalue weighted by Crippen LogP contribution is 2.11. The molecule has 0 radical (unpaired) electrons. The summed E-state index contributed by atoms with van der Waals surface area (Å²) in [6.45, 7) is 2.06. The maximum atomic E-state index is 7.92. The first kappa shape index (κ1) is 16.0. The van der Waals surface area contributed by atoms with Gasteiger partial charge in [0, 0.05) is 6.04 Å². The first-order valence-corrected chi connectivity index (χ1v) is 6.39. The number of amidine groups is 1. The standard InChI is InChI=1S/C17H18N2.ClH/c1-14(16-10-6-3-7-11-16)19-17(18)13-12-15-8-4-2-5-9-15;/h2-14H,1H3,(H2,18,19);1H/b13-12+;/t14-;/m0./s1. The lowest BCUT2D eigenvalue weighted by molar-refractivity contribution is 0.716. The van der Waals surface area contributed by atoms with Gasteiger partial charge in [-0.25, -0.2) is 0 Å². The zero-order valence-corrected chi connectivity index (χ0v) is 12.2. The minimum Gasteiger partial charge on any atom is -0.364 e. The number of rotatable bonds is 4. The van der Waals surface area contributed by atoms with E-state index in [2.05, 4.69) is 24.4 Å². The third-order valence-electron chi connectivity index (χ3n) is 2.91. The molecule has 0 aromatic heterocycles. The third-order valence-corrected chi connectivity index (χ3v) is 2.91. The van der Waals surface area contributed by atoms with E-state index in [-0.39, 0.29) is 18.4 Å². The van der Waals surface area contributed by atoms with Gasteiger partial charge in [-0.1, -0.05) is 66.7 Å². The molecule has 0 bridgehead atoms. The molecule has 1 atom stereocenters. The van der Waals surface area contributed by atoms with Crippen LogP contribution < -0.4 is 5.32 Å². The van der Waals surface area contributed by atoms with Crippen LogP contribution in [-0.4, -0.2) is 5.84 Å². The lowest BCUT2D eigenvalue weighted by Crippen LogP contribution is -2.23. The minimum absolute atomic E-state index is 0. The van der Waals surface area contributed by atoms with Crippen LogP contribution in [-0.2, 0) is 0 Å². The van der Waals surface area contributed by atoms with E-state index in [1.54, 1.807) is 6.08 Å². The van der Waals surface area contributed by atoms with Crippen molar-refractivity contribution in [2.45, 2.75) is 13.0 Å². The van der Waals surface area contributed by atoms with Crippen molar-refractivity contribution in [3.8, 4) is 0 Å². The average molecular weight is 287 g/mol. The van der Waals surface area contributed by atoms with Gasteiger partial charge in [0.1, 0.15) is 5.84 Å². The summed E-state index contributed by atoms with van der Waals surface area (Å²) in [6.07, 6.45) is 3.72. The average Bonchev–Trinajstić information content (AvgIpc) is 2.47. The van der Waals surface area contributed by atoms with Crippen molar-refractivity contribution in [2.75, 3.05) is 0 Å². The minimum atomic E-state index is 0. The predicted octanol–water partition coefficient (Wildman–Crippen LogP) is 4.45. The number of halogens is 1. The number of benzene rings is 2. The zero-order chi connectivity index (χ0) is 13.5. The number of hydrogen-bond acceptors (Lipinski definition) is 1. The fourth-order valence-corrected chi connectivity index (χ4v) is 1.85. The van der Waals surface area contributed by atoms with Crippen molar-refractivity contribution in [3.63, 3.8) is 0 Å². The van der Waals surface area contributed by atoms with E-state index in [4.69, 9.17) is 5.41 Å². The summed E-state index contributed by atoms with van der Waals surface area (Å²) in [6, 6.07) is 20.3. The Morgan fingerprint density at radius 2 is 1.55 bits per heavy atom. The summed E-state index contributed by atoms with van der Waals surface area (Å²) >= 11 is 0. The van der Waals surface area contributed by atoms with Crippen molar-refractivity contribution in [2.24, 2.45) is 0 Å². The Morgan fingerprint density at radius 1 is 1.00 bits per heavy atom. The van der Waals surface area contributed by atoms with Crippen LogP contribution in [0.3, 0.4) is 0 Å². The summed E-state index contributed by atoms with van der Waals surface area (Å²) in [7, 11) is 0. The predicted molar refractivity (Wildman–Crippen MR) is 88.4 cm³/mol. The van der Waals surface area contributed by atoms with Gasteiger partial charge >= 0.3 is 0 Å². The molecule has 0 saturated heterocycles. The number of nitrogens with one attached hydrogen (secondary N) is 2. The van der Waals surface area contributed by atoms with Crippen LogP contribution in [0.5, 0.6) is 0 Å². The third kappa shape index (κ3) is 4.90. The molecule has 0 unspecified atom stereocenters. The van der Waals surface area contributed by atoms with Gasteiger partial charge in [-0.05, 0) is 24.1 Å². The van der Waals surface area contributed by atoms with E-state index < -0.39 is 0 Å². The van der Waals surface area contributed by atoms with Gasteiger partial charge in [0.15, 0.2) is 0 Å². The lowest BCUT2D eigenvalue weighted by Gasteiger charge is -2.14. The molecule has 0 amide bonds. The maximum absolute atomic E-state index is 7.92. The second-order valence-electron chi connectivity index (χ2n) is 4.43. The van der Waals surface area contributed by atoms with Gasteiger partial charge in [0.2, 0.25) is 0 Å². The molecule has 104 valence electrons. The molecule has 0 aliphatic rings. The van der Waals surface area contributed by atoms with Gasteiger partial charge < -0.3 is 5.32 Å². The fraction of sp³-hybridized carbons (Fsp3) is 0.118. The van der Waals surface area contributed by atoms with Crippen LogP contribution in [0, 0.1) is 5.41 Å². The van der Waals surface area contributed by atoms with Crippen LogP contribution >= 0.6 is 12.4 Å². The quantitative estimate of drug-likeness (QED) is 0.632. The van der Waals surface area contributed by atoms with E-state index in [9.17, 15) is 0 Å². The van der Waals surface area contributed by atoms with Crippen molar-refractivity contribution in [3.05, 3.63) is 77.9 Å². The van der Waals surface area contributed by atoms with Crippen LogP contribution in [0.2, 0.25) is 0 Å². The van der Waals surface area contributed by atoms with Gasteiger partial charge in [-0.15, -0.1) is 12.4 Å². The van der Waals surface area contributed by atoms with Gasteiger partial charge in [0.05, 0.1) is 0 Å². The van der Waals surface area contributed by atoms with E-state index in [1.165, 1.54) is 5.56 Å². The largest absolute Gasteiger partial charge is 0.364 e. The van der Waals surface area contributed by atoms with E-state index in [1.807, 2.05) is 54.6 Å². The van der Waals surface area contributed by atoms with E-state index >= 15 is 0 Å². The molecule has 2 nitrogen and oxygen atoms in total. The van der Waals surface area contributed by atoms with Crippen molar-refractivity contribution in [1.29, 1.82) is 5.41 Å². The highest BCUT2D eigenvalue weighted by Gasteiger charge is 2.03. The fourth-order valence-electron chi connectivity index (χ4n) is 1.85. The molecule has 2 N–H and O–H groups in total. The Bertz CT molecular complexity index is 550. The molecule has 2 rings (SSSR count). The normalized spacial score (nSPS) is 11.7. The van der Waals surface area contributed by atoms with Crippen LogP contribution in [0.1, 0.15) is 24.1 Å². The van der Waals surface area contributed by atoms with Gasteiger partial charge in [-0.2, -0.15) is 0 Å². The first-order chi connectivity index (χ1) is 9.25. The van der Waals surface area contributed by atoms with Crippen LogP contribution in [0.4, 0.5) is 0 Å². The van der Waals surface area contributed by atoms with Crippen LogP contribution in [0.25, 0.3) is 6.08 Å². The Balaban J connectivity index is 0.00000200. The first-order valence-electron chi connectivity index (χ1n) is 6.39. The summed E-state index contributed by atoms with van der Waals surface area (Å²) < 4.78 is 0. The molecule has 0 aliphatic carbocycles. The highest BCUT2D eigenvalue weighted by molar-refractivity contribution is 5.94. The summed E-state index contributed by atoms with van der Waals surface area (Å²) in [4.78, 5) is 0. The summed E-state index contributed by atoms with van der Waals surface area (Å²) in [5.74, 6) is 0.417. The Kier molecular flexibility index (Phi) is 6.54. The Morgan fingerprint density at radius 3 is 2.15 bits per heavy atom. The topological polar surface area (TPSA) is 35.9 Å². The molecule has 0 fully saturated rings. The second-order valence-corrected chi connectivity index (χ2v) is 4.43. The smallest absolute Gasteiger partial charge is 0.118 e. The molecule has 0 aliphatic heterocycles. The molecule has 20 heavy (non-hydrogen) atoms. The monoisotopic (exact) mass is 286 g/mol. The zero-order valence-electron chi connectivity index (χ0n) is 11.4. The molecule has 3 heteroatoms. The lowest BCUT2D eigenvalue weighted by atomic mass is 10.1. The summed E-state index contributed by atoms with van der Waals surface area (Å²) in [5.41, 5.74) is 2.28. The molecule has 0 spiro atoms. The van der Waals surface area contributed by atoms with Crippen molar-refractivity contribution >= 4 is 24.3 Å². The number of hydrogen-bond donors (Lipinski definition) is 2. The van der Waals surface area contributed by atoms with Gasteiger partial charge in [0.25, 0.3) is 0 Å². The molecule has 2 aromatic rings. The summed E-state index contributed by atoms with van der Waals surface area (Å²) in [5, 5.41) is 11.1. The molecule has 0 heterocycles. The molecule has 0 saturated carbocycles. The molecular formula is C17H19ClN2. The van der Waals surface area contributed by atoms with E-state index in [0.717, 1.165) is 5.56 Å². The maximum Gasteiger partial charge on any atom is 0.118 e. The second kappa shape index (κ2) is 8.18. The molecular weight excluding hydrogens is 268 g/mol. The van der Waals surface area contributed by atoms with Gasteiger partial charge in [-0.3, -0.25) is 5.41 Å². The molecule has 2 aromatic carbocycles. The van der Waals surface area contributed by atoms with Crippen molar-refractivity contribution < 1.29 is 0 Å². The Hall–Kier alpha value is -2.06. The SMILES string of the molecule is C[C@H](NC(=N)/C=C/c1ccccc1)c1ccccc1.Cl. The van der Waals surface area contributed by atoms with E-state index in [0.29, 0.717) is 5.84 Å².